The van der Waals surface area contributed by atoms with Crippen LogP contribution in [0, 0.1) is 17.8 Å². The summed E-state index contributed by atoms with van der Waals surface area (Å²) in [5.41, 5.74) is 7.13. The van der Waals surface area contributed by atoms with E-state index in [0.29, 0.717) is 19.0 Å². The Kier molecular flexibility index (Phi) is 8.44. The number of H-pyrrole nitrogens is 1. The maximum Gasteiger partial charge on any atom is 0.494 e. The number of aromatic nitrogens is 2. The van der Waals surface area contributed by atoms with Gasteiger partial charge in [-0.05, 0) is 51.1 Å². The predicted octanol–water partition coefficient (Wildman–Crippen LogP) is 3.28. The average molecular weight is 540 g/mol. The maximum absolute atomic E-state index is 13.7. The number of benzene rings is 1. The predicted molar refractivity (Wildman–Crippen MR) is 148 cm³/mol. The highest BCUT2D eigenvalue weighted by atomic mass is 16.7. The van der Waals surface area contributed by atoms with Gasteiger partial charge in [-0.3, -0.25) is 4.79 Å². The Morgan fingerprint density at radius 2 is 1.82 bits per heavy atom. The molecule has 2 fully saturated rings. The minimum absolute atomic E-state index is 0.0337. The summed E-state index contributed by atoms with van der Waals surface area (Å²) in [6.45, 7) is 13.0. The largest absolute Gasteiger partial charge is 0.494 e. The number of likely N-dealkylation sites (tertiary alicyclic amines) is 1. The molecule has 10 nitrogen and oxygen atoms in total. The number of aromatic amines is 1. The van der Waals surface area contributed by atoms with E-state index >= 15 is 0 Å². The van der Waals surface area contributed by atoms with Crippen molar-refractivity contribution in [2.45, 2.75) is 65.2 Å². The molecule has 2 amide bonds. The number of imidazole rings is 1. The molecule has 3 atom stereocenters. The van der Waals surface area contributed by atoms with Crippen LogP contribution < -0.4 is 11.2 Å². The highest BCUT2D eigenvalue weighted by molar-refractivity contribution is 6.62. The molecule has 2 aliphatic heterocycles. The van der Waals surface area contributed by atoms with E-state index in [1.807, 2.05) is 70.7 Å². The third-order valence-corrected chi connectivity index (χ3v) is 8.26. The Balaban J connectivity index is 1.53. The number of carbonyl (C=O) groups is 2. The van der Waals surface area contributed by atoms with Crippen LogP contribution in [0.5, 0.6) is 0 Å². The number of methoxy groups -OCH3 is 1. The molecule has 0 saturated carbocycles. The average Bonchev–Trinajstić information content (AvgIpc) is 3.55. The smallest absolute Gasteiger partial charge is 0.449 e. The third-order valence-electron chi connectivity index (χ3n) is 8.26. The SMILES string of the molecule is COCC1CC(c2ncc(-c3ccc(B4OC(C)(C)C(C)(C)O4)cc3)[nH]2)N(C(=O)C(COC(N)=O)C(C)C)C1. The van der Waals surface area contributed by atoms with Gasteiger partial charge in [0.05, 0.1) is 41.7 Å². The molecule has 0 aliphatic carbocycles. The fourth-order valence-electron chi connectivity index (χ4n) is 5.17. The number of hydrogen-bond acceptors (Lipinski definition) is 7. The molecule has 1 aromatic carbocycles. The van der Waals surface area contributed by atoms with Crippen LogP contribution >= 0.6 is 0 Å². The zero-order valence-electron chi connectivity index (χ0n) is 24.0. The standard InChI is InChI=1S/C28H41BN4O6/c1-17(2)21(16-37-26(30)35)25(34)33-14-18(15-36-7)12-23(33)24-31-13-22(32-24)19-8-10-20(11-9-19)29-38-27(3,4)28(5,6)39-29/h8-11,13,17-18,21,23H,12,14-16H2,1-7H3,(H2,30,35)(H,31,32). The van der Waals surface area contributed by atoms with Crippen LogP contribution in [0.3, 0.4) is 0 Å². The molecule has 0 radical (unpaired) electrons. The first-order valence-corrected chi connectivity index (χ1v) is 13.6. The molecule has 3 unspecified atom stereocenters. The third kappa shape index (κ3) is 6.15. The van der Waals surface area contributed by atoms with E-state index in [9.17, 15) is 9.59 Å². The van der Waals surface area contributed by atoms with Gasteiger partial charge in [-0.25, -0.2) is 9.78 Å². The van der Waals surface area contributed by atoms with Gasteiger partial charge in [-0.1, -0.05) is 38.1 Å². The van der Waals surface area contributed by atoms with Crippen LogP contribution in [-0.2, 0) is 23.6 Å². The number of ether oxygens (including phenoxy) is 2. The van der Waals surface area contributed by atoms with Crippen molar-refractivity contribution in [3.05, 3.63) is 36.3 Å². The van der Waals surface area contributed by atoms with Crippen molar-refractivity contribution >= 4 is 24.6 Å². The van der Waals surface area contributed by atoms with Crippen molar-refractivity contribution in [1.29, 1.82) is 0 Å². The fraction of sp³-hybridized carbons (Fsp3) is 0.607. The van der Waals surface area contributed by atoms with E-state index in [1.54, 1.807) is 13.3 Å². The highest BCUT2D eigenvalue weighted by Crippen LogP contribution is 2.38. The van der Waals surface area contributed by atoms with Gasteiger partial charge in [-0.15, -0.1) is 0 Å². The molecule has 0 spiro atoms. The first kappa shape index (κ1) is 29.1. The van der Waals surface area contributed by atoms with Gasteiger partial charge in [0.1, 0.15) is 12.4 Å². The Morgan fingerprint density at radius 3 is 2.38 bits per heavy atom. The normalized spacial score (nSPS) is 22.9. The van der Waals surface area contributed by atoms with Gasteiger partial charge < -0.3 is 34.4 Å². The molecule has 3 N–H and O–H groups in total. The van der Waals surface area contributed by atoms with Crippen LogP contribution in [0.4, 0.5) is 4.79 Å². The van der Waals surface area contributed by atoms with Crippen LogP contribution in [0.15, 0.2) is 30.5 Å². The lowest BCUT2D eigenvalue weighted by molar-refractivity contribution is -0.139. The number of nitrogens with zero attached hydrogens (tertiary/aromatic N) is 2. The lowest BCUT2D eigenvalue weighted by atomic mass is 9.79. The summed E-state index contributed by atoms with van der Waals surface area (Å²) < 4.78 is 22.8. The van der Waals surface area contributed by atoms with Crippen molar-refractivity contribution in [1.82, 2.24) is 14.9 Å². The zero-order valence-corrected chi connectivity index (χ0v) is 24.0. The molecule has 4 rings (SSSR count). The molecular formula is C28H41BN4O6. The van der Waals surface area contributed by atoms with Gasteiger partial charge >= 0.3 is 13.2 Å². The minimum atomic E-state index is -0.885. The molecule has 3 heterocycles. The Labute approximate surface area is 231 Å². The first-order valence-electron chi connectivity index (χ1n) is 13.6. The number of nitrogens with two attached hydrogens (primary N) is 1. The maximum atomic E-state index is 13.7. The zero-order chi connectivity index (χ0) is 28.5. The second-order valence-corrected chi connectivity index (χ2v) is 11.9. The van der Waals surface area contributed by atoms with Gasteiger partial charge in [0.15, 0.2) is 0 Å². The van der Waals surface area contributed by atoms with E-state index in [0.717, 1.165) is 23.1 Å². The first-order chi connectivity index (χ1) is 18.3. The Bertz CT molecular complexity index is 1150. The van der Waals surface area contributed by atoms with E-state index in [1.165, 1.54) is 0 Å². The summed E-state index contributed by atoms with van der Waals surface area (Å²) in [6.07, 6.45) is 1.63. The molecule has 39 heavy (non-hydrogen) atoms. The summed E-state index contributed by atoms with van der Waals surface area (Å²) in [4.78, 5) is 34.8. The summed E-state index contributed by atoms with van der Waals surface area (Å²) in [6, 6.07) is 7.79. The van der Waals surface area contributed by atoms with Gasteiger partial charge in [0.25, 0.3) is 0 Å². The highest BCUT2D eigenvalue weighted by Gasteiger charge is 2.51. The van der Waals surface area contributed by atoms with E-state index < -0.39 is 30.3 Å². The second-order valence-electron chi connectivity index (χ2n) is 11.9. The molecule has 212 valence electrons. The summed E-state index contributed by atoms with van der Waals surface area (Å²) in [7, 11) is 1.24. The number of rotatable bonds is 9. The summed E-state index contributed by atoms with van der Waals surface area (Å²) >= 11 is 0. The Morgan fingerprint density at radius 1 is 1.18 bits per heavy atom. The quantitative estimate of drug-likeness (QED) is 0.467. The number of amides is 2. The number of nitrogens with one attached hydrogen (secondary N) is 1. The van der Waals surface area contributed by atoms with Crippen molar-refractivity contribution < 1.29 is 28.4 Å². The molecule has 2 saturated heterocycles. The molecule has 11 heteroatoms. The van der Waals surface area contributed by atoms with Crippen LogP contribution in [0.25, 0.3) is 11.3 Å². The summed E-state index contributed by atoms with van der Waals surface area (Å²) in [5, 5.41) is 0. The molecule has 2 aromatic rings. The molecule has 1 aromatic heterocycles. The van der Waals surface area contributed by atoms with Crippen LogP contribution in [0.1, 0.15) is 59.8 Å². The van der Waals surface area contributed by atoms with Crippen LogP contribution in [0.2, 0.25) is 0 Å². The van der Waals surface area contributed by atoms with Gasteiger partial charge in [0.2, 0.25) is 5.91 Å². The second kappa shape index (κ2) is 11.3. The number of primary amides is 1. The number of carbonyl (C=O) groups excluding carboxylic acids is 2. The topological polar surface area (TPSA) is 129 Å². The molecule has 0 bridgehead atoms. The Hall–Kier alpha value is -2.89. The van der Waals surface area contributed by atoms with E-state index in [-0.39, 0.29) is 30.4 Å². The monoisotopic (exact) mass is 540 g/mol. The van der Waals surface area contributed by atoms with Crippen molar-refractivity contribution in [2.75, 3.05) is 26.9 Å². The van der Waals surface area contributed by atoms with Gasteiger partial charge in [0, 0.05) is 19.6 Å². The van der Waals surface area contributed by atoms with E-state index in [2.05, 4.69) is 9.97 Å². The van der Waals surface area contributed by atoms with Crippen molar-refractivity contribution in [3.63, 3.8) is 0 Å². The van der Waals surface area contributed by atoms with Crippen molar-refractivity contribution in [3.8, 4) is 11.3 Å². The van der Waals surface area contributed by atoms with Crippen LogP contribution in [-0.4, -0.2) is 72.1 Å². The molecule has 2 aliphatic rings. The fourth-order valence-corrected chi connectivity index (χ4v) is 5.17. The lowest BCUT2D eigenvalue weighted by Gasteiger charge is -2.32. The van der Waals surface area contributed by atoms with Crippen molar-refractivity contribution in [2.24, 2.45) is 23.5 Å². The number of hydrogen-bond donors (Lipinski definition) is 2. The minimum Gasteiger partial charge on any atom is -0.449 e. The summed E-state index contributed by atoms with van der Waals surface area (Å²) in [5.74, 6) is 0.262. The van der Waals surface area contributed by atoms with E-state index in [4.69, 9.17) is 24.5 Å². The molecular weight excluding hydrogens is 499 g/mol. The van der Waals surface area contributed by atoms with Gasteiger partial charge in [-0.2, -0.15) is 0 Å². The lowest BCUT2D eigenvalue weighted by Crippen LogP contribution is -2.41.